The molecule has 1 heterocycles. The molecule has 1 aliphatic heterocycles. The summed E-state index contributed by atoms with van der Waals surface area (Å²) in [6.45, 7) is 3.55. The standard InChI is InChI=1S/C12H18N2O3/c1-7(2)14-11(16)9(8-5-3-4-6-8)10(15)13-12(14)17/h7-9H,3-6H2,1-2H3,(H,13,15,17). The van der Waals surface area contributed by atoms with E-state index in [1.54, 1.807) is 13.8 Å². The summed E-state index contributed by atoms with van der Waals surface area (Å²) in [4.78, 5) is 36.8. The van der Waals surface area contributed by atoms with E-state index in [1.807, 2.05) is 0 Å². The number of nitrogens with one attached hydrogen (secondary N) is 1. The average molecular weight is 238 g/mol. The maximum atomic E-state index is 12.2. The molecule has 0 bridgehead atoms. The molecule has 0 aromatic carbocycles. The first-order chi connectivity index (χ1) is 8.02. The van der Waals surface area contributed by atoms with Crippen LogP contribution >= 0.6 is 0 Å². The number of barbiturate groups is 1. The first kappa shape index (κ1) is 12.1. The third-order valence-corrected chi connectivity index (χ3v) is 3.62. The molecule has 0 radical (unpaired) electrons. The summed E-state index contributed by atoms with van der Waals surface area (Å²) >= 11 is 0. The van der Waals surface area contributed by atoms with Gasteiger partial charge in [0.1, 0.15) is 5.92 Å². The van der Waals surface area contributed by atoms with Crippen LogP contribution in [0.15, 0.2) is 0 Å². The predicted molar refractivity (Wildman–Crippen MR) is 61.0 cm³/mol. The highest BCUT2D eigenvalue weighted by atomic mass is 16.2. The Balaban J connectivity index is 2.22. The van der Waals surface area contributed by atoms with Crippen LogP contribution in [-0.4, -0.2) is 28.8 Å². The van der Waals surface area contributed by atoms with Gasteiger partial charge in [-0.3, -0.25) is 19.8 Å². The summed E-state index contributed by atoms with van der Waals surface area (Å²) in [5.74, 6) is -1.28. The maximum Gasteiger partial charge on any atom is 0.331 e. The van der Waals surface area contributed by atoms with Crippen molar-refractivity contribution in [3.8, 4) is 0 Å². The molecule has 1 unspecified atom stereocenters. The number of hydrogen-bond donors (Lipinski definition) is 1. The monoisotopic (exact) mass is 238 g/mol. The number of rotatable bonds is 2. The third-order valence-electron chi connectivity index (χ3n) is 3.62. The maximum absolute atomic E-state index is 12.2. The Labute approximate surface area is 101 Å². The average Bonchev–Trinajstić information content (AvgIpc) is 2.69. The van der Waals surface area contributed by atoms with Crippen molar-refractivity contribution in [3.63, 3.8) is 0 Å². The van der Waals surface area contributed by atoms with Crippen molar-refractivity contribution in [3.05, 3.63) is 0 Å². The smallest absolute Gasteiger partial charge is 0.277 e. The van der Waals surface area contributed by atoms with Gasteiger partial charge < -0.3 is 0 Å². The summed E-state index contributed by atoms with van der Waals surface area (Å²) < 4.78 is 0. The minimum Gasteiger partial charge on any atom is -0.277 e. The second-order valence-electron chi connectivity index (χ2n) is 5.12. The quantitative estimate of drug-likeness (QED) is 0.737. The van der Waals surface area contributed by atoms with Gasteiger partial charge in [0.2, 0.25) is 11.8 Å². The van der Waals surface area contributed by atoms with Crippen LogP contribution in [0, 0.1) is 11.8 Å². The van der Waals surface area contributed by atoms with Crippen molar-refractivity contribution < 1.29 is 14.4 Å². The molecule has 0 aromatic rings. The van der Waals surface area contributed by atoms with Crippen LogP contribution in [-0.2, 0) is 9.59 Å². The molecule has 1 saturated carbocycles. The highest BCUT2D eigenvalue weighted by Crippen LogP contribution is 2.34. The van der Waals surface area contributed by atoms with Gasteiger partial charge in [-0.05, 0) is 32.6 Å². The fourth-order valence-corrected chi connectivity index (χ4v) is 2.80. The van der Waals surface area contributed by atoms with Crippen LogP contribution in [0.4, 0.5) is 4.79 Å². The molecular formula is C12H18N2O3. The molecular weight excluding hydrogens is 220 g/mol. The van der Waals surface area contributed by atoms with Gasteiger partial charge in [0.05, 0.1) is 0 Å². The number of amides is 4. The molecule has 5 nitrogen and oxygen atoms in total. The van der Waals surface area contributed by atoms with Crippen LogP contribution in [0.3, 0.4) is 0 Å². The number of carbonyl (C=O) groups is 3. The Morgan fingerprint density at radius 1 is 1.18 bits per heavy atom. The van der Waals surface area contributed by atoms with Crippen molar-refractivity contribution in [2.45, 2.75) is 45.6 Å². The van der Waals surface area contributed by atoms with Gasteiger partial charge in [0.25, 0.3) is 0 Å². The van der Waals surface area contributed by atoms with E-state index in [9.17, 15) is 14.4 Å². The molecule has 5 heteroatoms. The summed E-state index contributed by atoms with van der Waals surface area (Å²) in [5.41, 5.74) is 0. The molecule has 1 aliphatic carbocycles. The minimum atomic E-state index is -0.655. The van der Waals surface area contributed by atoms with E-state index in [0.717, 1.165) is 25.7 Å². The van der Waals surface area contributed by atoms with E-state index in [0.29, 0.717) is 0 Å². The molecule has 1 N–H and O–H groups in total. The summed E-state index contributed by atoms with van der Waals surface area (Å²) in [7, 11) is 0. The SMILES string of the molecule is CC(C)N1C(=O)NC(=O)C(C2CCCC2)C1=O. The lowest BCUT2D eigenvalue weighted by atomic mass is 9.87. The third kappa shape index (κ3) is 2.06. The van der Waals surface area contributed by atoms with Crippen LogP contribution < -0.4 is 5.32 Å². The molecule has 2 rings (SSSR count). The molecule has 17 heavy (non-hydrogen) atoms. The van der Waals surface area contributed by atoms with Crippen molar-refractivity contribution in [1.29, 1.82) is 0 Å². The molecule has 4 amide bonds. The molecule has 2 aliphatic rings. The lowest BCUT2D eigenvalue weighted by molar-refractivity contribution is -0.146. The van der Waals surface area contributed by atoms with Gasteiger partial charge in [-0.2, -0.15) is 0 Å². The fourth-order valence-electron chi connectivity index (χ4n) is 2.80. The summed E-state index contributed by atoms with van der Waals surface area (Å²) in [5, 5.41) is 2.30. The first-order valence-corrected chi connectivity index (χ1v) is 6.20. The van der Waals surface area contributed by atoms with Crippen LogP contribution in [0.25, 0.3) is 0 Å². The second-order valence-corrected chi connectivity index (χ2v) is 5.12. The summed E-state index contributed by atoms with van der Waals surface area (Å²) in [6, 6.07) is -0.788. The van der Waals surface area contributed by atoms with Gasteiger partial charge >= 0.3 is 6.03 Å². The van der Waals surface area contributed by atoms with Gasteiger partial charge in [-0.25, -0.2) is 4.79 Å². The largest absolute Gasteiger partial charge is 0.331 e. The second kappa shape index (κ2) is 4.47. The number of imide groups is 2. The molecule has 1 atom stereocenters. The van der Waals surface area contributed by atoms with E-state index >= 15 is 0 Å². The number of urea groups is 1. The zero-order valence-corrected chi connectivity index (χ0v) is 10.2. The zero-order chi connectivity index (χ0) is 12.6. The van der Waals surface area contributed by atoms with Crippen LogP contribution in [0.5, 0.6) is 0 Å². The molecule has 94 valence electrons. The van der Waals surface area contributed by atoms with E-state index in [-0.39, 0.29) is 17.9 Å². The first-order valence-electron chi connectivity index (χ1n) is 6.20. The minimum absolute atomic E-state index is 0.108. The Hall–Kier alpha value is -1.39. The van der Waals surface area contributed by atoms with Gasteiger partial charge in [-0.1, -0.05) is 12.8 Å². The lowest BCUT2D eigenvalue weighted by Crippen LogP contribution is -2.61. The Kier molecular flexibility index (Phi) is 3.17. The van der Waals surface area contributed by atoms with E-state index in [4.69, 9.17) is 0 Å². The summed E-state index contributed by atoms with van der Waals surface area (Å²) in [6.07, 6.45) is 3.95. The van der Waals surface area contributed by atoms with Gasteiger partial charge in [0.15, 0.2) is 0 Å². The molecule has 0 aromatic heterocycles. The highest BCUT2D eigenvalue weighted by Gasteiger charge is 2.45. The van der Waals surface area contributed by atoms with Crippen LogP contribution in [0.2, 0.25) is 0 Å². The molecule has 2 fully saturated rings. The van der Waals surface area contributed by atoms with Gasteiger partial charge in [0, 0.05) is 6.04 Å². The number of nitrogens with zero attached hydrogens (tertiary/aromatic N) is 1. The van der Waals surface area contributed by atoms with Crippen molar-refractivity contribution in [1.82, 2.24) is 10.2 Å². The predicted octanol–water partition coefficient (Wildman–Crippen LogP) is 1.28. The highest BCUT2D eigenvalue weighted by molar-refractivity contribution is 6.16. The zero-order valence-electron chi connectivity index (χ0n) is 10.2. The Bertz CT molecular complexity index is 359. The van der Waals surface area contributed by atoms with E-state index in [1.165, 1.54) is 4.90 Å². The van der Waals surface area contributed by atoms with Crippen molar-refractivity contribution in [2.75, 3.05) is 0 Å². The van der Waals surface area contributed by atoms with Crippen molar-refractivity contribution >= 4 is 17.8 Å². The Morgan fingerprint density at radius 2 is 1.76 bits per heavy atom. The van der Waals surface area contributed by atoms with Crippen molar-refractivity contribution in [2.24, 2.45) is 11.8 Å². The topological polar surface area (TPSA) is 66.5 Å². The molecule has 0 spiro atoms. The number of carbonyl (C=O) groups excluding carboxylic acids is 3. The lowest BCUT2D eigenvalue weighted by Gasteiger charge is -2.34. The Morgan fingerprint density at radius 3 is 2.29 bits per heavy atom. The van der Waals surface area contributed by atoms with Gasteiger partial charge in [-0.15, -0.1) is 0 Å². The van der Waals surface area contributed by atoms with E-state index in [2.05, 4.69) is 5.32 Å². The molecule has 1 saturated heterocycles. The number of hydrogen-bond acceptors (Lipinski definition) is 3. The normalized spacial score (nSPS) is 26.9. The van der Waals surface area contributed by atoms with Crippen LogP contribution in [0.1, 0.15) is 39.5 Å². The fraction of sp³-hybridized carbons (Fsp3) is 0.750. The van der Waals surface area contributed by atoms with E-state index < -0.39 is 17.9 Å².